The van der Waals surface area contributed by atoms with Gasteiger partial charge < -0.3 is 0 Å². The van der Waals surface area contributed by atoms with Crippen LogP contribution in [0.15, 0.2) is 48.5 Å². The number of nitro groups is 1. The fourth-order valence-electron chi connectivity index (χ4n) is 5.18. The van der Waals surface area contributed by atoms with E-state index in [4.69, 9.17) is 0 Å². The summed E-state index contributed by atoms with van der Waals surface area (Å²) < 4.78 is 0. The Labute approximate surface area is 183 Å². The van der Waals surface area contributed by atoms with Gasteiger partial charge >= 0.3 is 0 Å². The van der Waals surface area contributed by atoms with E-state index >= 15 is 0 Å². The molecule has 0 aromatic heterocycles. The summed E-state index contributed by atoms with van der Waals surface area (Å²) in [6, 6.07) is 13.5. The molecule has 5 rings (SSSR count). The molecule has 6 atom stereocenters. The van der Waals surface area contributed by atoms with E-state index in [-0.39, 0.29) is 50.8 Å². The fraction of sp³-hybridized carbons (Fsp3) is 0.333. The van der Waals surface area contributed by atoms with Gasteiger partial charge in [-0.25, -0.2) is 0 Å². The first-order valence-corrected chi connectivity index (χ1v) is 11.2. The highest BCUT2D eigenvalue weighted by molar-refractivity contribution is 9.12. The fourth-order valence-corrected chi connectivity index (χ4v) is 7.06. The van der Waals surface area contributed by atoms with Crippen molar-refractivity contribution in [3.05, 3.63) is 58.6 Å². The second-order valence-electron chi connectivity index (χ2n) is 7.87. The summed E-state index contributed by atoms with van der Waals surface area (Å²) in [6.45, 7) is 0. The molecule has 0 radical (unpaired) electrons. The molecule has 0 N–H and O–H groups in total. The van der Waals surface area contributed by atoms with Crippen LogP contribution in [-0.2, 0) is 9.59 Å². The van der Waals surface area contributed by atoms with Crippen LogP contribution in [0.3, 0.4) is 0 Å². The molecule has 148 valence electrons. The van der Waals surface area contributed by atoms with Crippen molar-refractivity contribution in [3.8, 4) is 11.1 Å². The van der Waals surface area contributed by atoms with Gasteiger partial charge in [-0.3, -0.25) is 24.6 Å². The van der Waals surface area contributed by atoms with Crippen LogP contribution in [0.1, 0.15) is 6.42 Å². The quantitative estimate of drug-likeness (QED) is 0.258. The van der Waals surface area contributed by atoms with Crippen molar-refractivity contribution >= 4 is 55.0 Å². The van der Waals surface area contributed by atoms with Crippen molar-refractivity contribution in [3.63, 3.8) is 0 Å². The number of benzene rings is 2. The van der Waals surface area contributed by atoms with E-state index in [0.29, 0.717) is 5.69 Å². The number of halogens is 2. The molecule has 0 unspecified atom stereocenters. The molecule has 2 bridgehead atoms. The number of anilines is 1. The van der Waals surface area contributed by atoms with Gasteiger partial charge in [0.05, 0.1) is 22.4 Å². The number of hydrogen-bond acceptors (Lipinski definition) is 4. The average molecular weight is 520 g/mol. The number of nitro benzene ring substituents is 1. The molecule has 8 heteroatoms. The number of amides is 2. The van der Waals surface area contributed by atoms with Gasteiger partial charge in [0.15, 0.2) is 0 Å². The second-order valence-corrected chi connectivity index (χ2v) is 9.98. The van der Waals surface area contributed by atoms with Gasteiger partial charge in [-0.1, -0.05) is 44.0 Å². The van der Waals surface area contributed by atoms with E-state index < -0.39 is 4.92 Å². The second kappa shape index (κ2) is 6.74. The molecule has 2 amide bonds. The van der Waals surface area contributed by atoms with Gasteiger partial charge in [-0.2, -0.15) is 0 Å². The number of carbonyl (C=O) groups excluding carboxylic acids is 2. The van der Waals surface area contributed by atoms with Crippen LogP contribution in [-0.4, -0.2) is 26.4 Å². The zero-order valence-corrected chi connectivity index (χ0v) is 18.2. The summed E-state index contributed by atoms with van der Waals surface area (Å²) >= 11 is 7.40. The summed E-state index contributed by atoms with van der Waals surface area (Å²) in [4.78, 5) is 38.4. The van der Waals surface area contributed by atoms with Gasteiger partial charge in [-0.05, 0) is 53.6 Å². The Morgan fingerprint density at radius 2 is 1.28 bits per heavy atom. The highest BCUT2D eigenvalue weighted by atomic mass is 79.9. The standard InChI is InChI=1S/C21H16Br2N2O4/c22-18-14-9-15(19(18)23)17-16(14)20(26)24(21(17)27)12-5-1-10(2-6-12)11-3-7-13(8-4-11)25(28)29/h1-8,14-19H,9H2/t14-,15+,16-,17-,18-,19+/m0/s1. The summed E-state index contributed by atoms with van der Waals surface area (Å²) in [7, 11) is 0. The lowest BCUT2D eigenvalue weighted by Gasteiger charge is -2.28. The maximum Gasteiger partial charge on any atom is 0.269 e. The monoisotopic (exact) mass is 518 g/mol. The lowest BCUT2D eigenvalue weighted by molar-refractivity contribution is -0.384. The van der Waals surface area contributed by atoms with Crippen LogP contribution in [0.5, 0.6) is 0 Å². The maximum atomic E-state index is 13.1. The van der Waals surface area contributed by atoms with Crippen molar-refractivity contribution in [2.45, 2.75) is 16.1 Å². The minimum atomic E-state index is -0.434. The minimum absolute atomic E-state index is 0.0370. The van der Waals surface area contributed by atoms with Crippen molar-refractivity contribution in [1.82, 2.24) is 0 Å². The number of carbonyl (C=O) groups is 2. The van der Waals surface area contributed by atoms with Crippen LogP contribution in [0.25, 0.3) is 11.1 Å². The van der Waals surface area contributed by atoms with E-state index in [0.717, 1.165) is 17.5 Å². The van der Waals surface area contributed by atoms with Crippen LogP contribution < -0.4 is 4.90 Å². The molecular weight excluding hydrogens is 504 g/mol. The summed E-state index contributed by atoms with van der Waals surface area (Å²) in [6.07, 6.45) is 0.908. The predicted octanol–water partition coefficient (Wildman–Crippen LogP) is 4.54. The number of hydrogen-bond donors (Lipinski definition) is 0. The van der Waals surface area contributed by atoms with Crippen molar-refractivity contribution in [2.24, 2.45) is 23.7 Å². The molecular formula is C21H16Br2N2O4. The Morgan fingerprint density at radius 3 is 1.72 bits per heavy atom. The third kappa shape index (κ3) is 2.72. The average Bonchev–Trinajstić information content (AvgIpc) is 3.33. The third-order valence-electron chi connectivity index (χ3n) is 6.52. The van der Waals surface area contributed by atoms with E-state index in [9.17, 15) is 19.7 Å². The number of non-ortho nitro benzene ring substituents is 1. The molecule has 2 aromatic carbocycles. The molecule has 3 fully saturated rings. The number of nitrogens with zero attached hydrogens (tertiary/aromatic N) is 2. The van der Waals surface area contributed by atoms with E-state index in [1.165, 1.54) is 17.0 Å². The third-order valence-corrected chi connectivity index (χ3v) is 9.73. The molecule has 1 saturated heterocycles. The van der Waals surface area contributed by atoms with Crippen molar-refractivity contribution in [1.29, 1.82) is 0 Å². The molecule has 6 nitrogen and oxygen atoms in total. The highest BCUT2D eigenvalue weighted by Crippen LogP contribution is 2.60. The van der Waals surface area contributed by atoms with E-state index in [1.807, 2.05) is 12.1 Å². The molecule has 2 saturated carbocycles. The normalized spacial score (nSPS) is 32.7. The van der Waals surface area contributed by atoms with Gasteiger partial charge in [0, 0.05) is 21.8 Å². The molecule has 1 aliphatic heterocycles. The Balaban J connectivity index is 1.41. The number of imide groups is 1. The molecule has 29 heavy (non-hydrogen) atoms. The smallest absolute Gasteiger partial charge is 0.269 e. The van der Waals surface area contributed by atoms with Gasteiger partial charge in [0.25, 0.3) is 5.69 Å². The predicted molar refractivity (Wildman–Crippen MR) is 115 cm³/mol. The lowest BCUT2D eigenvalue weighted by Crippen LogP contribution is -2.37. The molecule has 2 aliphatic carbocycles. The molecule has 1 heterocycles. The number of rotatable bonds is 3. The van der Waals surface area contributed by atoms with Crippen LogP contribution in [0.2, 0.25) is 0 Å². The van der Waals surface area contributed by atoms with Crippen LogP contribution >= 0.6 is 31.9 Å². The summed E-state index contributed by atoms with van der Waals surface area (Å²) in [5.41, 5.74) is 2.32. The maximum absolute atomic E-state index is 13.1. The molecule has 2 aromatic rings. The largest absolute Gasteiger partial charge is 0.274 e. The number of alkyl halides is 2. The topological polar surface area (TPSA) is 80.5 Å². The Morgan fingerprint density at radius 1 is 0.828 bits per heavy atom. The number of fused-ring (bicyclic) bond motifs is 5. The first kappa shape index (κ1) is 18.9. The highest BCUT2D eigenvalue weighted by Gasteiger charge is 2.66. The summed E-state index contributed by atoms with van der Waals surface area (Å²) in [5, 5.41) is 10.8. The van der Waals surface area contributed by atoms with Gasteiger partial charge in [0.1, 0.15) is 0 Å². The summed E-state index contributed by atoms with van der Waals surface area (Å²) in [5.74, 6) is -0.288. The van der Waals surface area contributed by atoms with Crippen molar-refractivity contribution in [2.75, 3.05) is 4.90 Å². The SMILES string of the molecule is O=C1[C@H]2[C@@H]3C[C@@H]([C@@H](Br)[C@H]3Br)[C@@H]2C(=O)N1c1ccc(-c2ccc([N+](=O)[O-])cc2)cc1. The first-order chi connectivity index (χ1) is 13.9. The van der Waals surface area contributed by atoms with E-state index in [2.05, 4.69) is 31.9 Å². The molecule has 3 aliphatic rings. The molecule has 0 spiro atoms. The van der Waals surface area contributed by atoms with Crippen LogP contribution in [0.4, 0.5) is 11.4 Å². The Hall–Kier alpha value is -2.06. The Bertz CT molecular complexity index is 992. The lowest BCUT2D eigenvalue weighted by atomic mass is 9.81. The van der Waals surface area contributed by atoms with Gasteiger partial charge in [-0.15, -0.1) is 0 Å². The minimum Gasteiger partial charge on any atom is -0.274 e. The van der Waals surface area contributed by atoms with Gasteiger partial charge in [0.2, 0.25) is 11.8 Å². The van der Waals surface area contributed by atoms with Crippen LogP contribution in [0, 0.1) is 33.8 Å². The van der Waals surface area contributed by atoms with Crippen molar-refractivity contribution < 1.29 is 14.5 Å². The zero-order chi connectivity index (χ0) is 20.4. The zero-order valence-electron chi connectivity index (χ0n) is 15.1. The van der Waals surface area contributed by atoms with E-state index in [1.54, 1.807) is 24.3 Å². The first-order valence-electron chi connectivity index (χ1n) is 9.39. The Kier molecular flexibility index (Phi) is 4.40.